The number of pyridine rings is 1. The third-order valence-electron chi connectivity index (χ3n) is 1.93. The Kier molecular flexibility index (Phi) is 1.80. The second kappa shape index (κ2) is 2.80. The lowest BCUT2D eigenvalue weighted by Crippen LogP contribution is -2.24. The van der Waals surface area contributed by atoms with Gasteiger partial charge in [0.15, 0.2) is 0 Å². The molecule has 1 aromatic heterocycles. The molecule has 1 aliphatic rings. The second-order valence-electron chi connectivity index (χ2n) is 2.64. The summed E-state index contributed by atoms with van der Waals surface area (Å²) in [6.07, 6.45) is 2.77. The fourth-order valence-corrected chi connectivity index (χ4v) is 1.56. The third kappa shape index (κ3) is 1.24. The average Bonchev–Trinajstić information content (AvgIpc) is 2.06. The molecule has 2 nitrogen and oxygen atoms in total. The van der Waals surface area contributed by atoms with E-state index in [4.69, 9.17) is 11.6 Å². The van der Waals surface area contributed by atoms with Gasteiger partial charge in [-0.1, -0.05) is 11.6 Å². The van der Waals surface area contributed by atoms with Crippen LogP contribution >= 0.6 is 11.6 Å². The number of hydrogen-bond acceptors (Lipinski definition) is 2. The Morgan fingerprint density at radius 2 is 2.45 bits per heavy atom. The van der Waals surface area contributed by atoms with E-state index in [-0.39, 0.29) is 0 Å². The van der Waals surface area contributed by atoms with Crippen molar-refractivity contribution in [3.8, 4) is 0 Å². The van der Waals surface area contributed by atoms with E-state index in [1.54, 1.807) is 6.20 Å². The van der Waals surface area contributed by atoms with Crippen LogP contribution in [0.4, 0.5) is 0 Å². The third-order valence-corrected chi connectivity index (χ3v) is 2.28. The highest BCUT2D eigenvalue weighted by Crippen LogP contribution is 2.19. The van der Waals surface area contributed by atoms with Crippen LogP contribution in [0, 0.1) is 0 Å². The number of nitrogens with one attached hydrogen (secondary N) is 1. The molecule has 2 heterocycles. The van der Waals surface area contributed by atoms with Gasteiger partial charge in [0, 0.05) is 42.0 Å². The molecule has 0 saturated carbocycles. The summed E-state index contributed by atoms with van der Waals surface area (Å²) in [7, 11) is 0. The topological polar surface area (TPSA) is 24.9 Å². The fourth-order valence-electron chi connectivity index (χ4n) is 1.33. The van der Waals surface area contributed by atoms with Gasteiger partial charge in [0.2, 0.25) is 0 Å². The highest BCUT2D eigenvalue weighted by atomic mass is 35.5. The summed E-state index contributed by atoms with van der Waals surface area (Å²) in [5.41, 5.74) is 2.32. The molecule has 2 rings (SSSR count). The number of aromatic nitrogens is 1. The quantitative estimate of drug-likeness (QED) is 0.633. The zero-order chi connectivity index (χ0) is 7.68. The van der Waals surface area contributed by atoms with E-state index in [0.29, 0.717) is 0 Å². The van der Waals surface area contributed by atoms with Crippen molar-refractivity contribution >= 4 is 11.6 Å². The first-order valence-corrected chi connectivity index (χ1v) is 4.08. The van der Waals surface area contributed by atoms with Gasteiger partial charge in [-0.15, -0.1) is 0 Å². The minimum absolute atomic E-state index is 0.835. The summed E-state index contributed by atoms with van der Waals surface area (Å²) in [6.45, 7) is 1.88. The maximum atomic E-state index is 5.96. The molecule has 1 aliphatic heterocycles. The SMILES string of the molecule is Clc1ccnc2c1CNCC2. The highest BCUT2D eigenvalue weighted by Gasteiger charge is 2.11. The maximum absolute atomic E-state index is 5.96. The van der Waals surface area contributed by atoms with Gasteiger partial charge < -0.3 is 5.32 Å². The predicted molar refractivity (Wildman–Crippen MR) is 44.7 cm³/mol. The van der Waals surface area contributed by atoms with Gasteiger partial charge in [-0.2, -0.15) is 0 Å². The van der Waals surface area contributed by atoms with Crippen LogP contribution in [0.1, 0.15) is 11.3 Å². The summed E-state index contributed by atoms with van der Waals surface area (Å²) >= 11 is 5.96. The van der Waals surface area contributed by atoms with Gasteiger partial charge in [0.1, 0.15) is 0 Å². The van der Waals surface area contributed by atoms with Crippen molar-refractivity contribution < 1.29 is 0 Å². The molecule has 11 heavy (non-hydrogen) atoms. The normalized spacial score (nSPS) is 16.1. The molecule has 0 aliphatic carbocycles. The van der Waals surface area contributed by atoms with Crippen LogP contribution in [-0.4, -0.2) is 11.5 Å². The van der Waals surface area contributed by atoms with Gasteiger partial charge in [-0.25, -0.2) is 0 Å². The molecule has 3 heteroatoms. The highest BCUT2D eigenvalue weighted by molar-refractivity contribution is 6.31. The van der Waals surface area contributed by atoms with Gasteiger partial charge in [-0.05, 0) is 6.07 Å². The molecule has 0 atom stereocenters. The van der Waals surface area contributed by atoms with Crippen molar-refractivity contribution in [2.45, 2.75) is 13.0 Å². The molecule has 0 saturated heterocycles. The van der Waals surface area contributed by atoms with E-state index in [1.807, 2.05) is 6.07 Å². The van der Waals surface area contributed by atoms with Crippen molar-refractivity contribution in [3.05, 3.63) is 28.5 Å². The molecule has 0 amide bonds. The fraction of sp³-hybridized carbons (Fsp3) is 0.375. The molecule has 0 spiro atoms. The van der Waals surface area contributed by atoms with E-state index in [1.165, 1.54) is 5.56 Å². The summed E-state index contributed by atoms with van der Waals surface area (Å²) < 4.78 is 0. The molecule has 0 aromatic carbocycles. The predicted octanol–water partition coefficient (Wildman–Crippen LogP) is 1.38. The first-order valence-electron chi connectivity index (χ1n) is 3.71. The van der Waals surface area contributed by atoms with Crippen molar-refractivity contribution in [1.82, 2.24) is 10.3 Å². The van der Waals surface area contributed by atoms with Crippen molar-refractivity contribution in [3.63, 3.8) is 0 Å². The Bertz CT molecular complexity index is 273. The lowest BCUT2D eigenvalue weighted by Gasteiger charge is -2.16. The minimum Gasteiger partial charge on any atom is -0.312 e. The monoisotopic (exact) mass is 168 g/mol. The van der Waals surface area contributed by atoms with Crippen LogP contribution in [0.15, 0.2) is 12.3 Å². The molecule has 0 fully saturated rings. The Morgan fingerprint density at radius 1 is 1.55 bits per heavy atom. The van der Waals surface area contributed by atoms with Crippen molar-refractivity contribution in [2.24, 2.45) is 0 Å². The molecule has 0 radical (unpaired) electrons. The average molecular weight is 169 g/mol. The number of halogens is 1. The van der Waals surface area contributed by atoms with Gasteiger partial charge >= 0.3 is 0 Å². The lowest BCUT2D eigenvalue weighted by molar-refractivity contribution is 0.630. The van der Waals surface area contributed by atoms with E-state index in [0.717, 1.165) is 30.2 Å². The van der Waals surface area contributed by atoms with E-state index in [2.05, 4.69) is 10.3 Å². The lowest BCUT2D eigenvalue weighted by atomic mass is 10.1. The van der Waals surface area contributed by atoms with Gasteiger partial charge in [-0.3, -0.25) is 4.98 Å². The molecule has 1 N–H and O–H groups in total. The van der Waals surface area contributed by atoms with Crippen LogP contribution < -0.4 is 5.32 Å². The largest absolute Gasteiger partial charge is 0.312 e. The van der Waals surface area contributed by atoms with E-state index < -0.39 is 0 Å². The number of fused-ring (bicyclic) bond motifs is 1. The zero-order valence-corrected chi connectivity index (χ0v) is 6.86. The van der Waals surface area contributed by atoms with Crippen LogP contribution in [0.25, 0.3) is 0 Å². The standard InChI is InChI=1S/C8H9ClN2/c9-7-1-4-11-8-2-3-10-5-6(7)8/h1,4,10H,2-3,5H2. The van der Waals surface area contributed by atoms with Crippen LogP contribution in [0.5, 0.6) is 0 Å². The van der Waals surface area contributed by atoms with Crippen LogP contribution in [-0.2, 0) is 13.0 Å². The molecule has 0 bridgehead atoms. The van der Waals surface area contributed by atoms with E-state index in [9.17, 15) is 0 Å². The smallest absolute Gasteiger partial charge is 0.0484 e. The van der Waals surface area contributed by atoms with Gasteiger partial charge in [0.05, 0.1) is 0 Å². The van der Waals surface area contributed by atoms with Crippen molar-refractivity contribution in [1.29, 1.82) is 0 Å². The molecular weight excluding hydrogens is 160 g/mol. The number of hydrogen-bond donors (Lipinski definition) is 1. The summed E-state index contributed by atoms with van der Waals surface area (Å²) in [5, 5.41) is 4.09. The number of nitrogens with zero attached hydrogens (tertiary/aromatic N) is 1. The van der Waals surface area contributed by atoms with Crippen molar-refractivity contribution in [2.75, 3.05) is 6.54 Å². The van der Waals surface area contributed by atoms with Crippen LogP contribution in [0.2, 0.25) is 5.02 Å². The van der Waals surface area contributed by atoms with E-state index >= 15 is 0 Å². The summed E-state index contributed by atoms with van der Waals surface area (Å²) in [4.78, 5) is 4.26. The molecule has 1 aromatic rings. The van der Waals surface area contributed by atoms with Crippen LogP contribution in [0.3, 0.4) is 0 Å². The number of rotatable bonds is 0. The summed E-state index contributed by atoms with van der Waals surface area (Å²) in [6, 6.07) is 1.84. The molecular formula is C8H9ClN2. The first kappa shape index (κ1) is 7.07. The maximum Gasteiger partial charge on any atom is 0.0484 e. The first-order chi connectivity index (χ1) is 5.38. The molecule has 58 valence electrons. The minimum atomic E-state index is 0.835. The second-order valence-corrected chi connectivity index (χ2v) is 3.05. The zero-order valence-electron chi connectivity index (χ0n) is 6.10. The molecule has 0 unspecified atom stereocenters. The Balaban J connectivity index is 2.49. The Hall–Kier alpha value is -0.600. The summed E-state index contributed by atoms with van der Waals surface area (Å²) in [5.74, 6) is 0. The van der Waals surface area contributed by atoms with Gasteiger partial charge in [0.25, 0.3) is 0 Å². The Labute approximate surface area is 70.6 Å². The Morgan fingerprint density at radius 3 is 3.27 bits per heavy atom.